The van der Waals surface area contributed by atoms with Crippen LogP contribution < -0.4 is 19.7 Å². The second-order valence-electron chi connectivity index (χ2n) is 11.9. The van der Waals surface area contributed by atoms with Gasteiger partial charge < -0.3 is 15.0 Å². The molecular weight excluding hydrogens is 540 g/mol. The van der Waals surface area contributed by atoms with Gasteiger partial charge in [-0.3, -0.25) is 4.79 Å². The molecule has 0 bridgehead atoms. The molecule has 0 atom stereocenters. The molecule has 39 heavy (non-hydrogen) atoms. The number of hydrogen-bond donors (Lipinski definition) is 3. The number of nitrogens with zero attached hydrogens (tertiary/aromatic N) is 1. The number of nitrogens with one attached hydrogen (secondary N) is 3. The lowest BCUT2D eigenvalue weighted by Gasteiger charge is -2.35. The Kier molecular flexibility index (Phi) is 7.30. The molecule has 12 heteroatoms. The minimum absolute atomic E-state index is 0.0358. The molecule has 3 N–H and O–H groups in total. The molecule has 0 radical (unpaired) electrons. The lowest BCUT2D eigenvalue weighted by Crippen LogP contribution is -2.48. The first-order valence-corrected chi connectivity index (χ1v) is 16.2. The normalized spacial score (nSPS) is 19.5. The third-order valence-corrected chi connectivity index (χ3v) is 10.7. The van der Waals surface area contributed by atoms with Crippen molar-refractivity contribution < 1.29 is 26.4 Å². The maximum atomic E-state index is 13.5. The lowest BCUT2D eigenvalue weighted by molar-refractivity contribution is 0.00482. The highest BCUT2D eigenvalue weighted by atomic mass is 32.2. The van der Waals surface area contributed by atoms with Crippen molar-refractivity contribution in [3.05, 3.63) is 48.0 Å². The molecule has 2 saturated heterocycles. The van der Waals surface area contributed by atoms with Crippen LogP contribution in [-0.2, 0) is 24.8 Å². The Morgan fingerprint density at radius 2 is 1.59 bits per heavy atom. The summed E-state index contributed by atoms with van der Waals surface area (Å²) in [5, 5.41) is 2.81. The summed E-state index contributed by atoms with van der Waals surface area (Å²) in [6, 6.07) is 10.3. The number of anilines is 2. The number of hydrogen-bond acceptors (Lipinski definition) is 7. The van der Waals surface area contributed by atoms with E-state index in [9.17, 15) is 21.6 Å². The number of carbonyl (C=O) groups is 1. The van der Waals surface area contributed by atoms with Gasteiger partial charge in [0.2, 0.25) is 20.0 Å². The minimum Gasteiger partial charge on any atom is -0.378 e. The summed E-state index contributed by atoms with van der Waals surface area (Å²) in [6.07, 6.45) is 4.45. The topological polar surface area (TPSA) is 134 Å². The number of ether oxygens (including phenoxy) is 1. The number of sulfonamides is 2. The van der Waals surface area contributed by atoms with Crippen LogP contribution in [0, 0.1) is 5.41 Å². The molecule has 0 aromatic heterocycles. The number of rotatable bonds is 8. The van der Waals surface area contributed by atoms with E-state index in [1.54, 1.807) is 39.0 Å². The van der Waals surface area contributed by atoms with Crippen LogP contribution in [0.2, 0.25) is 0 Å². The number of amides is 1. The van der Waals surface area contributed by atoms with E-state index in [2.05, 4.69) is 19.7 Å². The van der Waals surface area contributed by atoms with Crippen LogP contribution in [0.25, 0.3) is 0 Å². The monoisotopic (exact) mass is 576 g/mol. The van der Waals surface area contributed by atoms with Crippen LogP contribution in [0.5, 0.6) is 0 Å². The largest absolute Gasteiger partial charge is 0.378 e. The SMILES string of the molecule is CC(C)(C)NS(=O)(=O)c1cccc(NC(=O)c2ccc(S(=O)(=O)NC3COC3)cc2N2CCC3(CC2)CC3)c1. The van der Waals surface area contributed by atoms with Gasteiger partial charge in [-0.1, -0.05) is 6.07 Å². The molecule has 2 aliphatic heterocycles. The molecule has 3 aliphatic rings. The molecule has 0 unspecified atom stereocenters. The van der Waals surface area contributed by atoms with Crippen molar-refractivity contribution in [1.82, 2.24) is 9.44 Å². The fourth-order valence-electron chi connectivity index (χ4n) is 5.02. The summed E-state index contributed by atoms with van der Waals surface area (Å²) in [5.41, 5.74) is 0.939. The van der Waals surface area contributed by atoms with Gasteiger partial charge in [0.15, 0.2) is 0 Å². The predicted octanol–water partition coefficient (Wildman–Crippen LogP) is 3.07. The lowest BCUT2D eigenvalue weighted by atomic mass is 9.93. The summed E-state index contributed by atoms with van der Waals surface area (Å²) >= 11 is 0. The average Bonchev–Trinajstić information content (AvgIpc) is 3.59. The summed E-state index contributed by atoms with van der Waals surface area (Å²) in [4.78, 5) is 15.7. The molecule has 2 aromatic rings. The molecule has 1 amide bonds. The first kappa shape index (κ1) is 28.0. The van der Waals surface area contributed by atoms with E-state index in [4.69, 9.17) is 4.74 Å². The molecule has 1 aliphatic carbocycles. The van der Waals surface area contributed by atoms with Gasteiger partial charge in [0.25, 0.3) is 5.91 Å². The molecule has 3 fully saturated rings. The van der Waals surface area contributed by atoms with Crippen LogP contribution >= 0.6 is 0 Å². The fourth-order valence-corrected chi connectivity index (χ4v) is 7.71. The molecule has 2 heterocycles. The van der Waals surface area contributed by atoms with E-state index < -0.39 is 31.5 Å². The van der Waals surface area contributed by atoms with Gasteiger partial charge in [-0.05, 0) is 88.3 Å². The quantitative estimate of drug-likeness (QED) is 0.440. The maximum Gasteiger partial charge on any atom is 0.257 e. The van der Waals surface area contributed by atoms with Crippen molar-refractivity contribution in [3.8, 4) is 0 Å². The standard InChI is InChI=1S/C27H36N4O6S2/c1-26(2,3)30-39(35,36)21-6-4-5-19(15-21)28-25(32)23-8-7-22(38(33,34)29-20-17-37-18-20)16-24(23)31-13-11-27(9-10-27)12-14-31/h4-8,15-16,20,29-30H,9-14,17-18H2,1-3H3,(H,28,32). The first-order chi connectivity index (χ1) is 18.3. The number of carbonyl (C=O) groups excluding carboxylic acids is 1. The van der Waals surface area contributed by atoms with Gasteiger partial charge in [-0.2, -0.15) is 0 Å². The number of benzene rings is 2. The van der Waals surface area contributed by atoms with E-state index in [1.165, 1.54) is 37.1 Å². The van der Waals surface area contributed by atoms with E-state index in [1.807, 2.05) is 0 Å². The Morgan fingerprint density at radius 3 is 2.18 bits per heavy atom. The van der Waals surface area contributed by atoms with Crippen LogP contribution in [-0.4, -0.2) is 60.6 Å². The van der Waals surface area contributed by atoms with Crippen molar-refractivity contribution in [2.45, 2.75) is 67.8 Å². The predicted molar refractivity (Wildman–Crippen MR) is 149 cm³/mol. The Balaban J connectivity index is 1.42. The summed E-state index contributed by atoms with van der Waals surface area (Å²) in [5.74, 6) is -0.445. The summed E-state index contributed by atoms with van der Waals surface area (Å²) < 4.78 is 62.0. The zero-order valence-electron chi connectivity index (χ0n) is 22.5. The van der Waals surface area contributed by atoms with Crippen molar-refractivity contribution in [2.24, 2.45) is 5.41 Å². The van der Waals surface area contributed by atoms with Crippen molar-refractivity contribution >= 4 is 37.3 Å². The smallest absolute Gasteiger partial charge is 0.257 e. The van der Waals surface area contributed by atoms with Crippen molar-refractivity contribution in [1.29, 1.82) is 0 Å². The van der Waals surface area contributed by atoms with Crippen molar-refractivity contribution in [3.63, 3.8) is 0 Å². The highest BCUT2D eigenvalue weighted by Gasteiger charge is 2.44. The van der Waals surface area contributed by atoms with Crippen molar-refractivity contribution in [2.75, 3.05) is 36.5 Å². The molecule has 5 rings (SSSR count). The Bertz CT molecular complexity index is 1470. The average molecular weight is 577 g/mol. The molecule has 1 spiro atoms. The second-order valence-corrected chi connectivity index (χ2v) is 15.3. The highest BCUT2D eigenvalue weighted by molar-refractivity contribution is 7.89. The van der Waals surface area contributed by atoms with Crippen LogP contribution in [0.15, 0.2) is 52.3 Å². The molecule has 2 aromatic carbocycles. The summed E-state index contributed by atoms with van der Waals surface area (Å²) in [7, 11) is -7.59. The van der Waals surface area contributed by atoms with Gasteiger partial charge in [0.1, 0.15) is 0 Å². The zero-order chi connectivity index (χ0) is 28.1. The number of piperidine rings is 1. The molecule has 212 valence electrons. The Morgan fingerprint density at radius 1 is 0.923 bits per heavy atom. The van der Waals surface area contributed by atoms with Gasteiger partial charge in [-0.15, -0.1) is 0 Å². The Labute approximate surface area is 230 Å². The van der Waals surface area contributed by atoms with E-state index in [0.29, 0.717) is 35.6 Å². The Hall–Kier alpha value is -2.51. The van der Waals surface area contributed by atoms with Crippen LogP contribution in [0.3, 0.4) is 0 Å². The highest BCUT2D eigenvalue weighted by Crippen LogP contribution is 2.54. The van der Waals surface area contributed by atoms with Gasteiger partial charge >= 0.3 is 0 Å². The first-order valence-electron chi connectivity index (χ1n) is 13.2. The van der Waals surface area contributed by atoms with Gasteiger partial charge in [0, 0.05) is 24.3 Å². The maximum absolute atomic E-state index is 13.5. The summed E-state index contributed by atoms with van der Waals surface area (Å²) in [6.45, 7) is 7.40. The second kappa shape index (κ2) is 10.2. The minimum atomic E-state index is -3.79. The molecule has 1 saturated carbocycles. The van der Waals surface area contributed by atoms with Crippen LogP contribution in [0.1, 0.15) is 56.8 Å². The van der Waals surface area contributed by atoms with Gasteiger partial charge in [-0.25, -0.2) is 26.3 Å². The van der Waals surface area contributed by atoms with E-state index >= 15 is 0 Å². The van der Waals surface area contributed by atoms with E-state index in [0.717, 1.165) is 25.9 Å². The molecular formula is C27H36N4O6S2. The third-order valence-electron chi connectivity index (χ3n) is 7.45. The van der Waals surface area contributed by atoms with Gasteiger partial charge in [0.05, 0.1) is 40.3 Å². The fraction of sp³-hybridized carbons (Fsp3) is 0.519. The van der Waals surface area contributed by atoms with Crippen LogP contribution in [0.4, 0.5) is 11.4 Å². The van der Waals surface area contributed by atoms with E-state index in [-0.39, 0.29) is 15.8 Å². The molecule has 10 nitrogen and oxygen atoms in total. The zero-order valence-corrected chi connectivity index (χ0v) is 24.1. The third kappa shape index (κ3) is 6.46.